The van der Waals surface area contributed by atoms with E-state index in [1.54, 1.807) is 25.3 Å². The molecular formula is C24H23NO4S. The fraction of sp³-hybridized carbons (Fsp3) is 0.167. The summed E-state index contributed by atoms with van der Waals surface area (Å²) >= 11 is 1.47. The Morgan fingerprint density at radius 2 is 1.47 bits per heavy atom. The SMILES string of the molecule is COc1ccc(C(=O)Nc2ccc(SCC(=O)c3ccc(C)cc3)cc2)cc1OC. The highest BCUT2D eigenvalue weighted by Gasteiger charge is 2.11. The van der Waals surface area contributed by atoms with Crippen LogP contribution in [0.4, 0.5) is 5.69 Å². The van der Waals surface area contributed by atoms with Gasteiger partial charge in [-0.15, -0.1) is 11.8 Å². The Kier molecular flexibility index (Phi) is 7.14. The second-order valence-electron chi connectivity index (χ2n) is 6.63. The molecule has 0 heterocycles. The van der Waals surface area contributed by atoms with Crippen LogP contribution in [-0.2, 0) is 0 Å². The molecule has 154 valence electrons. The van der Waals surface area contributed by atoms with Crippen molar-refractivity contribution in [2.24, 2.45) is 0 Å². The third kappa shape index (κ3) is 5.42. The summed E-state index contributed by atoms with van der Waals surface area (Å²) in [6.45, 7) is 1.99. The summed E-state index contributed by atoms with van der Waals surface area (Å²) in [5, 5.41) is 2.86. The van der Waals surface area contributed by atoms with E-state index in [4.69, 9.17) is 9.47 Å². The number of nitrogens with one attached hydrogen (secondary N) is 1. The van der Waals surface area contributed by atoms with Gasteiger partial charge < -0.3 is 14.8 Å². The zero-order valence-corrected chi connectivity index (χ0v) is 17.9. The van der Waals surface area contributed by atoms with E-state index in [2.05, 4.69) is 5.32 Å². The lowest BCUT2D eigenvalue weighted by Crippen LogP contribution is -2.12. The number of Topliss-reactive ketones (excluding diaryl/α,β-unsaturated/α-hetero) is 1. The van der Waals surface area contributed by atoms with E-state index in [-0.39, 0.29) is 11.7 Å². The van der Waals surface area contributed by atoms with Gasteiger partial charge in [-0.3, -0.25) is 9.59 Å². The molecular weight excluding hydrogens is 398 g/mol. The maximum atomic E-state index is 12.5. The van der Waals surface area contributed by atoms with Crippen LogP contribution in [0.1, 0.15) is 26.3 Å². The third-order valence-corrected chi connectivity index (χ3v) is 5.51. The van der Waals surface area contributed by atoms with Gasteiger partial charge >= 0.3 is 0 Å². The van der Waals surface area contributed by atoms with Gasteiger partial charge in [-0.25, -0.2) is 0 Å². The van der Waals surface area contributed by atoms with Crippen LogP contribution in [0.2, 0.25) is 0 Å². The predicted octanol–water partition coefficient (Wildman–Crippen LogP) is 5.24. The van der Waals surface area contributed by atoms with Crippen LogP contribution < -0.4 is 14.8 Å². The molecule has 3 aromatic rings. The van der Waals surface area contributed by atoms with Gasteiger partial charge in [0.1, 0.15) is 0 Å². The number of hydrogen-bond acceptors (Lipinski definition) is 5. The molecule has 0 bridgehead atoms. The highest BCUT2D eigenvalue weighted by atomic mass is 32.2. The number of anilines is 1. The number of ketones is 1. The van der Waals surface area contributed by atoms with E-state index >= 15 is 0 Å². The Bertz CT molecular complexity index is 1030. The third-order valence-electron chi connectivity index (χ3n) is 4.50. The molecule has 0 aromatic heterocycles. The van der Waals surface area contributed by atoms with Crippen LogP contribution in [0.15, 0.2) is 71.6 Å². The number of carbonyl (C=O) groups excluding carboxylic acids is 2. The first-order valence-corrected chi connectivity index (χ1v) is 10.3. The van der Waals surface area contributed by atoms with Crippen molar-refractivity contribution in [1.82, 2.24) is 0 Å². The maximum absolute atomic E-state index is 12.5. The summed E-state index contributed by atoms with van der Waals surface area (Å²) in [4.78, 5) is 25.8. The zero-order chi connectivity index (χ0) is 21.5. The molecule has 0 atom stereocenters. The zero-order valence-electron chi connectivity index (χ0n) is 17.1. The van der Waals surface area contributed by atoms with Crippen LogP contribution in [0.25, 0.3) is 0 Å². The summed E-state index contributed by atoms with van der Waals surface area (Å²) in [6.07, 6.45) is 0. The average molecular weight is 422 g/mol. The van der Waals surface area contributed by atoms with Gasteiger partial charge in [0.05, 0.1) is 20.0 Å². The number of aryl methyl sites for hydroxylation is 1. The maximum Gasteiger partial charge on any atom is 0.255 e. The first-order valence-electron chi connectivity index (χ1n) is 9.36. The number of ether oxygens (including phenoxy) is 2. The minimum absolute atomic E-state index is 0.0887. The van der Waals surface area contributed by atoms with Crippen molar-refractivity contribution < 1.29 is 19.1 Å². The Labute approximate surface area is 180 Å². The lowest BCUT2D eigenvalue weighted by atomic mass is 10.1. The largest absolute Gasteiger partial charge is 0.493 e. The molecule has 0 saturated carbocycles. The van der Waals surface area contributed by atoms with E-state index in [1.807, 2.05) is 55.5 Å². The van der Waals surface area contributed by atoms with Gasteiger partial charge in [-0.1, -0.05) is 29.8 Å². The van der Waals surface area contributed by atoms with Crippen molar-refractivity contribution in [3.63, 3.8) is 0 Å². The van der Waals surface area contributed by atoms with Crippen LogP contribution in [0, 0.1) is 6.92 Å². The minimum atomic E-state index is -0.245. The number of hydrogen-bond donors (Lipinski definition) is 1. The van der Waals surface area contributed by atoms with E-state index < -0.39 is 0 Å². The highest BCUT2D eigenvalue weighted by Crippen LogP contribution is 2.28. The number of thioether (sulfide) groups is 1. The van der Waals surface area contributed by atoms with Gasteiger partial charge in [-0.2, -0.15) is 0 Å². The van der Waals surface area contributed by atoms with Crippen molar-refractivity contribution >= 4 is 29.1 Å². The number of benzene rings is 3. The molecule has 0 radical (unpaired) electrons. The van der Waals surface area contributed by atoms with Gasteiger partial charge in [0.25, 0.3) is 5.91 Å². The van der Waals surface area contributed by atoms with Crippen molar-refractivity contribution in [2.45, 2.75) is 11.8 Å². The van der Waals surface area contributed by atoms with Gasteiger partial charge in [-0.05, 0) is 49.4 Å². The fourth-order valence-corrected chi connectivity index (χ4v) is 3.58. The van der Waals surface area contributed by atoms with Gasteiger partial charge in [0.2, 0.25) is 0 Å². The highest BCUT2D eigenvalue weighted by molar-refractivity contribution is 8.00. The second kappa shape index (κ2) is 9.98. The van der Waals surface area contributed by atoms with E-state index in [0.717, 1.165) is 10.5 Å². The molecule has 3 rings (SSSR count). The molecule has 0 spiro atoms. The Morgan fingerprint density at radius 1 is 0.833 bits per heavy atom. The number of carbonyl (C=O) groups is 2. The number of amides is 1. The molecule has 1 N–H and O–H groups in total. The molecule has 30 heavy (non-hydrogen) atoms. The van der Waals surface area contributed by atoms with Crippen LogP contribution >= 0.6 is 11.8 Å². The average Bonchev–Trinajstić information content (AvgIpc) is 2.78. The van der Waals surface area contributed by atoms with E-state index in [0.29, 0.717) is 34.1 Å². The monoisotopic (exact) mass is 421 g/mol. The van der Waals surface area contributed by atoms with Gasteiger partial charge in [0, 0.05) is 21.7 Å². The molecule has 6 heteroatoms. The Morgan fingerprint density at radius 3 is 2.10 bits per heavy atom. The second-order valence-corrected chi connectivity index (χ2v) is 7.67. The van der Waals surface area contributed by atoms with E-state index in [1.165, 1.54) is 18.9 Å². The first kappa shape index (κ1) is 21.5. The minimum Gasteiger partial charge on any atom is -0.493 e. The molecule has 0 aliphatic heterocycles. The molecule has 0 unspecified atom stereocenters. The molecule has 5 nitrogen and oxygen atoms in total. The normalized spacial score (nSPS) is 10.4. The standard InChI is InChI=1S/C24H23NO4S/c1-16-4-6-17(7-5-16)21(26)15-30-20-11-9-19(10-12-20)25-24(27)18-8-13-22(28-2)23(14-18)29-3/h4-14H,15H2,1-3H3,(H,25,27). The van der Waals surface area contributed by atoms with Crippen molar-refractivity contribution in [3.8, 4) is 11.5 Å². The summed E-state index contributed by atoms with van der Waals surface area (Å²) in [5.41, 5.74) is 2.98. The number of rotatable bonds is 8. The summed E-state index contributed by atoms with van der Waals surface area (Å²) in [7, 11) is 3.07. The van der Waals surface area contributed by atoms with Crippen molar-refractivity contribution in [3.05, 3.63) is 83.4 Å². The lowest BCUT2D eigenvalue weighted by Gasteiger charge is -2.10. The predicted molar refractivity (Wildman–Crippen MR) is 120 cm³/mol. The van der Waals surface area contributed by atoms with E-state index in [9.17, 15) is 9.59 Å². The summed E-state index contributed by atoms with van der Waals surface area (Å²) in [5.74, 6) is 1.27. The molecule has 1 amide bonds. The molecule has 0 fully saturated rings. The Balaban J connectivity index is 1.58. The summed E-state index contributed by atoms with van der Waals surface area (Å²) in [6, 6.07) is 20.0. The Hall–Kier alpha value is -3.25. The quantitative estimate of drug-likeness (QED) is 0.398. The molecule has 0 aliphatic carbocycles. The topological polar surface area (TPSA) is 64.6 Å². The number of methoxy groups -OCH3 is 2. The van der Waals surface area contributed by atoms with Crippen molar-refractivity contribution in [1.29, 1.82) is 0 Å². The van der Waals surface area contributed by atoms with Crippen LogP contribution in [0.5, 0.6) is 11.5 Å². The summed E-state index contributed by atoms with van der Waals surface area (Å²) < 4.78 is 10.4. The fourth-order valence-electron chi connectivity index (χ4n) is 2.79. The lowest BCUT2D eigenvalue weighted by molar-refractivity contribution is 0.101. The first-order chi connectivity index (χ1) is 14.5. The molecule has 3 aromatic carbocycles. The van der Waals surface area contributed by atoms with Gasteiger partial charge in [0.15, 0.2) is 17.3 Å². The smallest absolute Gasteiger partial charge is 0.255 e. The van der Waals surface area contributed by atoms with Crippen molar-refractivity contribution in [2.75, 3.05) is 25.3 Å². The molecule has 0 aliphatic rings. The van der Waals surface area contributed by atoms with Crippen LogP contribution in [-0.4, -0.2) is 31.7 Å². The van der Waals surface area contributed by atoms with Crippen LogP contribution in [0.3, 0.4) is 0 Å². The molecule has 0 saturated heterocycles.